The minimum atomic E-state index is 0.689. The molecule has 4 heteroatoms. The first-order chi connectivity index (χ1) is 15.9. The van der Waals surface area contributed by atoms with E-state index in [2.05, 4.69) is 51.3 Å². The van der Waals surface area contributed by atoms with Crippen LogP contribution in [-0.2, 0) is 9.47 Å². The van der Waals surface area contributed by atoms with Crippen LogP contribution in [0.15, 0.2) is 0 Å². The number of morpholine rings is 1. The first kappa shape index (κ1) is 37.4. The average molecular weight is 475 g/mol. The topological polar surface area (TPSA) is 24.9 Å². The Bertz CT molecular complexity index is 278. The number of ether oxygens (including phenoxy) is 2. The third-order valence-corrected chi connectivity index (χ3v) is 6.11. The third-order valence-electron chi connectivity index (χ3n) is 6.11. The molecule has 0 N–H and O–H groups in total. The molecule has 204 valence electrons. The van der Waals surface area contributed by atoms with Crippen molar-refractivity contribution in [3.8, 4) is 0 Å². The summed E-state index contributed by atoms with van der Waals surface area (Å²) in [5.74, 6) is 1.78. The van der Waals surface area contributed by atoms with Crippen LogP contribution in [0.1, 0.15) is 115 Å². The van der Waals surface area contributed by atoms with Crippen LogP contribution in [0.25, 0.3) is 0 Å². The van der Waals surface area contributed by atoms with Crippen LogP contribution in [0.2, 0.25) is 0 Å². The maximum atomic E-state index is 5.25. The van der Waals surface area contributed by atoms with Crippen LogP contribution in [0.4, 0.5) is 0 Å². The number of hydrogen-bond acceptors (Lipinski definition) is 4. The van der Waals surface area contributed by atoms with Gasteiger partial charge in [0.05, 0.1) is 13.2 Å². The van der Waals surface area contributed by atoms with Gasteiger partial charge < -0.3 is 14.4 Å². The fraction of sp³-hybridized carbons (Fsp3) is 1.00. The zero-order chi connectivity index (χ0) is 26.1. The van der Waals surface area contributed by atoms with Crippen LogP contribution in [0, 0.1) is 11.8 Å². The zero-order valence-electron chi connectivity index (χ0n) is 25.2. The quantitative estimate of drug-likeness (QED) is 0.417. The van der Waals surface area contributed by atoms with Crippen LogP contribution in [0.3, 0.4) is 0 Å². The molecule has 0 radical (unpaired) electrons. The van der Waals surface area contributed by atoms with Gasteiger partial charge >= 0.3 is 0 Å². The summed E-state index contributed by atoms with van der Waals surface area (Å²) in [5.41, 5.74) is 0. The second kappa shape index (κ2) is 28.1. The minimum absolute atomic E-state index is 0.689. The van der Waals surface area contributed by atoms with E-state index in [9.17, 15) is 0 Å². The van der Waals surface area contributed by atoms with Gasteiger partial charge in [-0.1, -0.05) is 61.8 Å². The lowest BCUT2D eigenvalue weighted by molar-refractivity contribution is 0.0238. The third kappa shape index (κ3) is 22.1. The summed E-state index contributed by atoms with van der Waals surface area (Å²) >= 11 is 0. The fourth-order valence-corrected chi connectivity index (χ4v) is 3.91. The lowest BCUT2D eigenvalue weighted by atomic mass is 9.89. The molecule has 4 nitrogen and oxygen atoms in total. The van der Waals surface area contributed by atoms with Crippen LogP contribution in [-0.4, -0.2) is 74.5 Å². The Labute approximate surface area is 211 Å². The number of hydrogen-bond donors (Lipinski definition) is 0. The zero-order valence-corrected chi connectivity index (χ0v) is 25.2. The molecule has 0 spiro atoms. The van der Waals surface area contributed by atoms with E-state index in [4.69, 9.17) is 9.47 Å². The molecule has 33 heavy (non-hydrogen) atoms. The Morgan fingerprint density at radius 3 is 1.15 bits per heavy atom. The monoisotopic (exact) mass is 475 g/mol. The molecule has 3 saturated heterocycles. The predicted octanol–water partition coefficient (Wildman–Crippen LogP) is 7.76. The Hall–Kier alpha value is -0.160. The van der Waals surface area contributed by atoms with Crippen molar-refractivity contribution in [2.45, 2.75) is 127 Å². The van der Waals surface area contributed by atoms with Crippen molar-refractivity contribution in [2.75, 3.05) is 52.6 Å². The maximum absolute atomic E-state index is 5.25. The molecule has 0 atom stereocenters. The van der Waals surface area contributed by atoms with Crippen molar-refractivity contribution in [1.82, 2.24) is 9.80 Å². The van der Waals surface area contributed by atoms with Crippen LogP contribution in [0.5, 0.6) is 0 Å². The van der Waals surface area contributed by atoms with Crippen molar-refractivity contribution < 1.29 is 9.47 Å². The van der Waals surface area contributed by atoms with E-state index in [1.54, 1.807) is 0 Å². The number of nitrogens with zero attached hydrogens (tertiary/aromatic N) is 2. The second-order valence-electron chi connectivity index (χ2n) is 9.13. The minimum Gasteiger partial charge on any atom is -0.381 e. The molecule has 0 aromatic rings. The van der Waals surface area contributed by atoms with E-state index in [-0.39, 0.29) is 0 Å². The highest BCUT2D eigenvalue weighted by molar-refractivity contribution is 4.67. The molecule has 0 aromatic carbocycles. The van der Waals surface area contributed by atoms with E-state index < -0.39 is 0 Å². The van der Waals surface area contributed by atoms with Gasteiger partial charge in [-0.25, -0.2) is 0 Å². The van der Waals surface area contributed by atoms with E-state index >= 15 is 0 Å². The lowest BCUT2D eigenvalue weighted by Gasteiger charge is -2.29. The van der Waals surface area contributed by atoms with Crippen molar-refractivity contribution in [2.24, 2.45) is 11.8 Å². The number of rotatable bonds is 3. The largest absolute Gasteiger partial charge is 0.381 e. The van der Waals surface area contributed by atoms with E-state index in [0.717, 1.165) is 57.4 Å². The van der Waals surface area contributed by atoms with E-state index in [1.165, 1.54) is 45.2 Å². The highest BCUT2D eigenvalue weighted by Gasteiger charge is 2.16. The highest BCUT2D eigenvalue weighted by Crippen LogP contribution is 2.22. The van der Waals surface area contributed by atoms with Gasteiger partial charge in [0.15, 0.2) is 0 Å². The van der Waals surface area contributed by atoms with Crippen LogP contribution < -0.4 is 0 Å². The average Bonchev–Trinajstić information content (AvgIpc) is 2.90. The van der Waals surface area contributed by atoms with Crippen molar-refractivity contribution >= 4 is 0 Å². The Kier molecular flexibility index (Phi) is 31.8. The molecule has 0 amide bonds. The lowest BCUT2D eigenvalue weighted by Crippen LogP contribution is -2.40. The van der Waals surface area contributed by atoms with E-state index in [0.29, 0.717) is 6.04 Å². The summed E-state index contributed by atoms with van der Waals surface area (Å²) in [6.07, 6.45) is 6.83. The first-order valence-corrected chi connectivity index (χ1v) is 14.5. The first-order valence-electron chi connectivity index (χ1n) is 14.5. The molecule has 3 rings (SSSR count). The highest BCUT2D eigenvalue weighted by atomic mass is 16.5. The summed E-state index contributed by atoms with van der Waals surface area (Å²) < 4.78 is 10.5. The van der Waals surface area contributed by atoms with Gasteiger partial charge in [0.25, 0.3) is 0 Å². The molecule has 3 fully saturated rings. The molecule has 0 aliphatic carbocycles. The molecule has 0 bridgehead atoms. The van der Waals surface area contributed by atoms with Gasteiger partial charge in [-0.05, 0) is 78.3 Å². The van der Waals surface area contributed by atoms with Gasteiger partial charge in [0.2, 0.25) is 0 Å². The molecule has 0 saturated carbocycles. The summed E-state index contributed by atoms with van der Waals surface area (Å²) in [6.45, 7) is 34.3. The fourth-order valence-electron chi connectivity index (χ4n) is 3.91. The standard InChI is InChI=1S/C8H17N.C8H16O.C7H15NO.3C2H6/c1-8(2)9-6-4-3-5-7-9;2*1-7(2)8-3-5-9-6-4-8;3*1-2/h8H,3-7H2,1-2H3;7-8H,3-6H2,1-2H3;7H,3-6H2,1-2H3;3*1-2H3. The summed E-state index contributed by atoms with van der Waals surface area (Å²) in [7, 11) is 0. The van der Waals surface area contributed by atoms with E-state index in [1.807, 2.05) is 41.5 Å². The smallest absolute Gasteiger partial charge is 0.0594 e. The van der Waals surface area contributed by atoms with Gasteiger partial charge in [0.1, 0.15) is 0 Å². The number of likely N-dealkylation sites (tertiary alicyclic amines) is 1. The van der Waals surface area contributed by atoms with Gasteiger partial charge in [-0.15, -0.1) is 0 Å². The molecule has 3 aliphatic heterocycles. The summed E-state index contributed by atoms with van der Waals surface area (Å²) in [6, 6.07) is 1.46. The molecular formula is C29H66N2O2. The summed E-state index contributed by atoms with van der Waals surface area (Å²) in [4.78, 5) is 4.99. The molecule has 0 unspecified atom stereocenters. The van der Waals surface area contributed by atoms with Crippen LogP contribution >= 0.6 is 0 Å². The van der Waals surface area contributed by atoms with Crippen molar-refractivity contribution in [1.29, 1.82) is 0 Å². The Balaban J connectivity index is -0.000000367. The molecular weight excluding hydrogens is 408 g/mol. The van der Waals surface area contributed by atoms with Gasteiger partial charge in [-0.2, -0.15) is 0 Å². The van der Waals surface area contributed by atoms with Gasteiger partial charge in [-0.3, -0.25) is 4.90 Å². The molecule has 3 heterocycles. The molecule has 0 aromatic heterocycles. The number of piperidine rings is 1. The second-order valence-corrected chi connectivity index (χ2v) is 9.13. The maximum Gasteiger partial charge on any atom is 0.0594 e. The Morgan fingerprint density at radius 2 is 0.879 bits per heavy atom. The Morgan fingerprint density at radius 1 is 0.515 bits per heavy atom. The van der Waals surface area contributed by atoms with Crippen molar-refractivity contribution in [3.63, 3.8) is 0 Å². The predicted molar refractivity (Wildman–Crippen MR) is 151 cm³/mol. The summed E-state index contributed by atoms with van der Waals surface area (Å²) in [5, 5.41) is 0. The normalized spacial score (nSPS) is 19.4. The SMILES string of the molecule is CC.CC.CC.CC(C)C1CCOCC1.CC(C)N1CCCCC1.CC(C)N1CCOCC1. The van der Waals surface area contributed by atoms with Gasteiger partial charge in [0, 0.05) is 38.4 Å². The van der Waals surface area contributed by atoms with Crippen molar-refractivity contribution in [3.05, 3.63) is 0 Å². The molecule has 3 aliphatic rings.